The van der Waals surface area contributed by atoms with Crippen LogP contribution in [0.4, 0.5) is 0 Å². The molecule has 0 fully saturated rings. The third kappa shape index (κ3) is 4.12. The summed E-state index contributed by atoms with van der Waals surface area (Å²) < 4.78 is 11.4. The molecule has 0 spiro atoms. The fourth-order valence-corrected chi connectivity index (χ4v) is 2.97. The molecule has 0 aromatic heterocycles. The first-order chi connectivity index (χ1) is 13.2. The molecule has 0 saturated heterocycles. The maximum Gasteiger partial charge on any atom is 0.161 e. The van der Waals surface area contributed by atoms with Gasteiger partial charge >= 0.3 is 0 Å². The molecule has 136 valence electrons. The van der Waals surface area contributed by atoms with Crippen molar-refractivity contribution in [1.29, 1.82) is 5.26 Å². The van der Waals surface area contributed by atoms with Crippen molar-refractivity contribution in [2.75, 3.05) is 7.11 Å². The number of methoxy groups -OCH3 is 1. The molecule has 3 aromatic rings. The van der Waals surface area contributed by atoms with Gasteiger partial charge in [0.15, 0.2) is 11.5 Å². The first-order valence-corrected chi connectivity index (χ1v) is 9.11. The van der Waals surface area contributed by atoms with Crippen LogP contribution >= 0.6 is 0 Å². The number of benzene rings is 3. The van der Waals surface area contributed by atoms with Gasteiger partial charge in [0.2, 0.25) is 0 Å². The molecule has 0 heterocycles. The zero-order chi connectivity index (χ0) is 19.2. The van der Waals surface area contributed by atoms with E-state index in [0.29, 0.717) is 17.1 Å². The van der Waals surface area contributed by atoms with Gasteiger partial charge in [-0.1, -0.05) is 55.5 Å². The average molecular weight is 357 g/mol. The molecule has 0 unspecified atom stereocenters. The van der Waals surface area contributed by atoms with Gasteiger partial charge in [-0.25, -0.2) is 0 Å². The molecule has 0 saturated carbocycles. The van der Waals surface area contributed by atoms with E-state index in [0.717, 1.165) is 28.3 Å². The Morgan fingerprint density at radius 2 is 1.85 bits per heavy atom. The Labute approximate surface area is 160 Å². The Balaban J connectivity index is 2.02. The van der Waals surface area contributed by atoms with E-state index in [2.05, 4.69) is 25.1 Å². The third-order valence-corrected chi connectivity index (χ3v) is 4.60. The number of nitriles is 1. The zero-order valence-electron chi connectivity index (χ0n) is 15.9. The molecule has 0 aliphatic heterocycles. The van der Waals surface area contributed by atoms with Gasteiger partial charge in [0, 0.05) is 5.56 Å². The topological polar surface area (TPSA) is 42.2 Å². The van der Waals surface area contributed by atoms with Gasteiger partial charge in [-0.05, 0) is 47.9 Å². The Hall–Kier alpha value is -3.25. The van der Waals surface area contributed by atoms with Crippen molar-refractivity contribution in [3.63, 3.8) is 0 Å². The van der Waals surface area contributed by atoms with E-state index in [1.807, 2.05) is 61.5 Å². The lowest BCUT2D eigenvalue weighted by atomic mass is 9.97. The van der Waals surface area contributed by atoms with Gasteiger partial charge in [0.05, 0.1) is 24.9 Å². The van der Waals surface area contributed by atoms with Crippen LogP contribution in [0, 0.1) is 11.3 Å². The largest absolute Gasteiger partial charge is 0.493 e. The molecule has 0 aliphatic rings. The van der Waals surface area contributed by atoms with E-state index in [-0.39, 0.29) is 6.10 Å². The maximum absolute atomic E-state index is 9.76. The maximum atomic E-state index is 9.76. The van der Waals surface area contributed by atoms with Crippen LogP contribution in [-0.4, -0.2) is 13.2 Å². The molecule has 0 aliphatic carbocycles. The Kier molecular flexibility index (Phi) is 5.78. The smallest absolute Gasteiger partial charge is 0.161 e. The zero-order valence-corrected chi connectivity index (χ0v) is 15.9. The number of fused-ring (bicyclic) bond motifs is 1. The predicted molar refractivity (Wildman–Crippen MR) is 111 cm³/mol. The highest BCUT2D eigenvalue weighted by Crippen LogP contribution is 2.32. The number of hydrogen-bond donors (Lipinski definition) is 0. The van der Waals surface area contributed by atoms with Crippen LogP contribution in [0.3, 0.4) is 0 Å². The lowest BCUT2D eigenvalue weighted by Crippen LogP contribution is -2.10. The standard InChI is InChI=1S/C24H23NO2/c1-4-17(2)27-23-13-12-18(15-24(23)26-3)14-20(16-25)22-11-7-9-19-8-5-6-10-21(19)22/h5-15,17H,4H2,1-3H3/b20-14+/t17-/m0/s1. The van der Waals surface area contributed by atoms with Crippen molar-refractivity contribution < 1.29 is 9.47 Å². The monoisotopic (exact) mass is 357 g/mol. The molecule has 0 bridgehead atoms. The lowest BCUT2D eigenvalue weighted by Gasteiger charge is -2.16. The lowest BCUT2D eigenvalue weighted by molar-refractivity contribution is 0.207. The second-order valence-corrected chi connectivity index (χ2v) is 6.44. The molecule has 0 amide bonds. The van der Waals surface area contributed by atoms with Gasteiger partial charge in [-0.2, -0.15) is 5.26 Å². The van der Waals surface area contributed by atoms with Crippen molar-refractivity contribution in [1.82, 2.24) is 0 Å². The molecular weight excluding hydrogens is 334 g/mol. The highest BCUT2D eigenvalue weighted by molar-refractivity contribution is 6.01. The summed E-state index contributed by atoms with van der Waals surface area (Å²) in [6.07, 6.45) is 2.92. The summed E-state index contributed by atoms with van der Waals surface area (Å²) in [6.45, 7) is 4.11. The van der Waals surface area contributed by atoms with Crippen LogP contribution in [0.1, 0.15) is 31.4 Å². The van der Waals surface area contributed by atoms with Gasteiger partial charge in [0.25, 0.3) is 0 Å². The van der Waals surface area contributed by atoms with Crippen molar-refractivity contribution in [3.8, 4) is 17.6 Å². The van der Waals surface area contributed by atoms with Crippen LogP contribution in [0.15, 0.2) is 60.7 Å². The van der Waals surface area contributed by atoms with Gasteiger partial charge < -0.3 is 9.47 Å². The SMILES string of the molecule is CC[C@H](C)Oc1ccc(/C=C(\C#N)c2cccc3ccccc23)cc1OC. The minimum atomic E-state index is 0.116. The summed E-state index contributed by atoms with van der Waals surface area (Å²) in [4.78, 5) is 0. The second-order valence-electron chi connectivity index (χ2n) is 6.44. The molecule has 0 radical (unpaired) electrons. The summed E-state index contributed by atoms with van der Waals surface area (Å²) in [5.74, 6) is 1.38. The van der Waals surface area contributed by atoms with Crippen LogP contribution in [0.2, 0.25) is 0 Å². The third-order valence-electron chi connectivity index (χ3n) is 4.60. The van der Waals surface area contributed by atoms with E-state index in [9.17, 15) is 5.26 Å². The van der Waals surface area contributed by atoms with Crippen LogP contribution < -0.4 is 9.47 Å². The van der Waals surface area contributed by atoms with Crippen LogP contribution in [-0.2, 0) is 0 Å². The second kappa shape index (κ2) is 8.42. The van der Waals surface area contributed by atoms with Crippen LogP contribution in [0.25, 0.3) is 22.4 Å². The molecular formula is C24H23NO2. The molecule has 1 atom stereocenters. The molecule has 27 heavy (non-hydrogen) atoms. The summed E-state index contributed by atoms with van der Waals surface area (Å²) in [6, 6.07) is 22.2. The number of allylic oxidation sites excluding steroid dienone is 1. The van der Waals surface area contributed by atoms with Gasteiger partial charge in [-0.3, -0.25) is 0 Å². The number of ether oxygens (including phenoxy) is 2. The quantitative estimate of drug-likeness (QED) is 0.396. The van der Waals surface area contributed by atoms with E-state index in [1.54, 1.807) is 7.11 Å². The molecule has 3 heteroatoms. The Morgan fingerprint density at radius 1 is 1.07 bits per heavy atom. The van der Waals surface area contributed by atoms with E-state index in [4.69, 9.17) is 9.47 Å². The fourth-order valence-electron chi connectivity index (χ4n) is 2.97. The van der Waals surface area contributed by atoms with E-state index in [1.165, 1.54) is 0 Å². The van der Waals surface area contributed by atoms with Crippen molar-refractivity contribution in [3.05, 3.63) is 71.8 Å². The van der Waals surface area contributed by atoms with E-state index < -0.39 is 0 Å². The summed E-state index contributed by atoms with van der Waals surface area (Å²) in [5, 5.41) is 11.9. The van der Waals surface area contributed by atoms with Crippen molar-refractivity contribution >= 4 is 22.4 Å². The van der Waals surface area contributed by atoms with Crippen molar-refractivity contribution in [2.24, 2.45) is 0 Å². The minimum Gasteiger partial charge on any atom is -0.493 e. The summed E-state index contributed by atoms with van der Waals surface area (Å²) in [5.41, 5.74) is 2.44. The molecule has 0 N–H and O–H groups in total. The highest BCUT2D eigenvalue weighted by atomic mass is 16.5. The molecule has 3 aromatic carbocycles. The number of nitrogens with zero attached hydrogens (tertiary/aromatic N) is 1. The predicted octanol–water partition coefficient (Wildman–Crippen LogP) is 6.09. The number of hydrogen-bond acceptors (Lipinski definition) is 3. The summed E-state index contributed by atoms with van der Waals surface area (Å²) >= 11 is 0. The molecule has 3 rings (SSSR count). The van der Waals surface area contributed by atoms with Crippen LogP contribution in [0.5, 0.6) is 11.5 Å². The summed E-state index contributed by atoms with van der Waals surface area (Å²) in [7, 11) is 1.63. The molecule has 3 nitrogen and oxygen atoms in total. The first kappa shape index (κ1) is 18.5. The van der Waals surface area contributed by atoms with Gasteiger partial charge in [-0.15, -0.1) is 0 Å². The Morgan fingerprint density at radius 3 is 2.59 bits per heavy atom. The van der Waals surface area contributed by atoms with Gasteiger partial charge in [0.1, 0.15) is 0 Å². The normalized spacial score (nSPS) is 12.4. The van der Waals surface area contributed by atoms with E-state index >= 15 is 0 Å². The minimum absolute atomic E-state index is 0.116. The first-order valence-electron chi connectivity index (χ1n) is 9.11. The fraction of sp³-hybridized carbons (Fsp3) is 0.208. The number of rotatable bonds is 6. The Bertz CT molecular complexity index is 1010. The van der Waals surface area contributed by atoms with Crippen molar-refractivity contribution in [2.45, 2.75) is 26.4 Å². The highest BCUT2D eigenvalue weighted by Gasteiger charge is 2.10. The average Bonchev–Trinajstić information content (AvgIpc) is 2.72.